The van der Waals surface area contributed by atoms with E-state index in [2.05, 4.69) is 17.4 Å². The van der Waals surface area contributed by atoms with Crippen molar-refractivity contribution in [3.63, 3.8) is 0 Å². The molecule has 2 heteroatoms. The molecule has 1 aliphatic heterocycles. The second kappa shape index (κ2) is 2.81. The van der Waals surface area contributed by atoms with Crippen LogP contribution in [0.25, 0.3) is 5.70 Å². The minimum atomic E-state index is -0.0225. The van der Waals surface area contributed by atoms with Gasteiger partial charge in [0.2, 0.25) is 0 Å². The molecule has 2 saturated carbocycles. The maximum absolute atomic E-state index is 12.3. The van der Waals surface area contributed by atoms with Crippen molar-refractivity contribution >= 4 is 11.5 Å². The number of nitrogens with one attached hydrogen (secondary N) is 1. The Morgan fingerprint density at radius 3 is 2.29 bits per heavy atom. The summed E-state index contributed by atoms with van der Waals surface area (Å²) < 4.78 is 0. The summed E-state index contributed by atoms with van der Waals surface area (Å²) in [4.78, 5) is 12.3. The van der Waals surface area contributed by atoms with Gasteiger partial charge < -0.3 is 5.32 Å². The molecule has 0 radical (unpaired) electrons. The predicted molar refractivity (Wildman–Crippen MR) is 66.2 cm³/mol. The second-order valence-corrected chi connectivity index (χ2v) is 5.58. The van der Waals surface area contributed by atoms with Gasteiger partial charge in [-0.15, -0.1) is 0 Å². The van der Waals surface area contributed by atoms with Crippen molar-refractivity contribution in [2.24, 2.45) is 5.41 Å². The Morgan fingerprint density at radius 2 is 1.71 bits per heavy atom. The highest BCUT2D eigenvalue weighted by Gasteiger charge is 2.70. The lowest BCUT2D eigenvalue weighted by Crippen LogP contribution is -2.46. The maximum atomic E-state index is 12.3. The van der Waals surface area contributed by atoms with Crippen LogP contribution in [0.1, 0.15) is 31.2 Å². The zero-order chi connectivity index (χ0) is 11.5. The number of carbonyl (C=O) groups is 1. The lowest BCUT2D eigenvalue weighted by atomic mass is 9.84. The van der Waals surface area contributed by atoms with Gasteiger partial charge in [0, 0.05) is 11.8 Å². The molecule has 86 valence electrons. The highest BCUT2D eigenvalue weighted by atomic mass is 16.1. The smallest absolute Gasteiger partial charge is 0.166 e. The third-order valence-corrected chi connectivity index (χ3v) is 4.62. The molecule has 0 atom stereocenters. The monoisotopic (exact) mass is 225 g/mol. The molecule has 0 amide bonds. The molecule has 1 heterocycles. The van der Waals surface area contributed by atoms with Crippen LogP contribution in [0.2, 0.25) is 0 Å². The van der Waals surface area contributed by atoms with Crippen molar-refractivity contribution < 1.29 is 4.79 Å². The van der Waals surface area contributed by atoms with Crippen LogP contribution in [0, 0.1) is 5.41 Å². The van der Waals surface area contributed by atoms with Crippen LogP contribution in [-0.2, 0) is 4.79 Å². The van der Waals surface area contributed by atoms with Gasteiger partial charge in [-0.3, -0.25) is 4.79 Å². The van der Waals surface area contributed by atoms with Gasteiger partial charge in [0.15, 0.2) is 5.78 Å². The number of rotatable bonds is 1. The van der Waals surface area contributed by atoms with E-state index in [1.165, 1.54) is 0 Å². The Bertz CT molecular complexity index is 521. The number of ketones is 1. The zero-order valence-corrected chi connectivity index (χ0v) is 9.70. The van der Waals surface area contributed by atoms with E-state index >= 15 is 0 Å². The van der Waals surface area contributed by atoms with E-state index in [0.29, 0.717) is 5.78 Å². The van der Waals surface area contributed by atoms with E-state index in [9.17, 15) is 4.79 Å². The summed E-state index contributed by atoms with van der Waals surface area (Å²) in [6.07, 6.45) is 6.30. The molecular formula is C15H15NO. The first-order valence-corrected chi connectivity index (χ1v) is 6.36. The van der Waals surface area contributed by atoms with Crippen molar-refractivity contribution in [3.8, 4) is 0 Å². The summed E-state index contributed by atoms with van der Waals surface area (Å²) in [5.41, 5.74) is 2.24. The quantitative estimate of drug-likeness (QED) is 0.795. The van der Waals surface area contributed by atoms with Crippen molar-refractivity contribution in [2.75, 3.05) is 0 Å². The summed E-state index contributed by atoms with van der Waals surface area (Å²) in [5, 5.41) is 3.64. The molecule has 2 fully saturated rings. The Balaban J connectivity index is 1.78. The lowest BCUT2D eigenvalue weighted by Gasteiger charge is -2.33. The van der Waals surface area contributed by atoms with Gasteiger partial charge in [0.1, 0.15) is 0 Å². The minimum Gasteiger partial charge on any atom is -0.378 e. The molecule has 1 aromatic carbocycles. The van der Waals surface area contributed by atoms with Gasteiger partial charge in [0.05, 0.1) is 11.0 Å². The third kappa shape index (κ3) is 1.13. The largest absolute Gasteiger partial charge is 0.378 e. The molecule has 0 aromatic heterocycles. The Labute approximate surface area is 101 Å². The van der Waals surface area contributed by atoms with E-state index in [0.717, 1.165) is 36.9 Å². The summed E-state index contributed by atoms with van der Waals surface area (Å²) in [7, 11) is 0. The van der Waals surface area contributed by atoms with Crippen molar-refractivity contribution in [3.05, 3.63) is 42.0 Å². The predicted octanol–water partition coefficient (Wildman–Crippen LogP) is 2.51. The fraction of sp³-hybridized carbons (Fsp3) is 0.400. The average Bonchev–Trinajstić information content (AvgIpc) is 3.22. The lowest BCUT2D eigenvalue weighted by molar-refractivity contribution is -0.121. The van der Waals surface area contributed by atoms with Gasteiger partial charge >= 0.3 is 0 Å². The number of hydrogen-bond acceptors (Lipinski definition) is 2. The van der Waals surface area contributed by atoms with Crippen LogP contribution in [0.15, 0.2) is 36.4 Å². The van der Waals surface area contributed by atoms with E-state index in [1.54, 1.807) is 0 Å². The molecule has 0 saturated heterocycles. The number of allylic oxidation sites excluding steroid dienone is 1. The molecule has 0 bridgehead atoms. The van der Waals surface area contributed by atoms with Crippen LogP contribution in [0.4, 0.5) is 0 Å². The zero-order valence-electron chi connectivity index (χ0n) is 9.70. The summed E-state index contributed by atoms with van der Waals surface area (Å²) in [6.45, 7) is 0. The van der Waals surface area contributed by atoms with E-state index in [-0.39, 0.29) is 11.0 Å². The molecule has 2 nitrogen and oxygen atoms in total. The van der Waals surface area contributed by atoms with Gasteiger partial charge in [-0.25, -0.2) is 0 Å². The summed E-state index contributed by atoms with van der Waals surface area (Å²) >= 11 is 0. The Kier molecular flexibility index (Phi) is 1.56. The summed E-state index contributed by atoms with van der Waals surface area (Å²) in [6, 6.07) is 10.2. The van der Waals surface area contributed by atoms with Gasteiger partial charge in [-0.05, 0) is 31.2 Å². The molecule has 0 unspecified atom stereocenters. The number of hydrogen-bond donors (Lipinski definition) is 1. The number of benzene rings is 1. The fourth-order valence-corrected chi connectivity index (χ4v) is 3.27. The molecule has 1 N–H and O–H groups in total. The van der Waals surface area contributed by atoms with Crippen molar-refractivity contribution in [1.29, 1.82) is 0 Å². The minimum absolute atomic E-state index is 0.0225. The van der Waals surface area contributed by atoms with Crippen LogP contribution in [-0.4, -0.2) is 11.3 Å². The standard InChI is InChI=1S/C15H15NO/c17-13-10-12(11-4-2-1-3-5-11)16-15(8-9-15)14(13)6-7-14/h1-5,10,16H,6-9H2. The Hall–Kier alpha value is -1.57. The third-order valence-electron chi connectivity index (χ3n) is 4.62. The highest BCUT2D eigenvalue weighted by Crippen LogP contribution is 2.66. The first kappa shape index (κ1) is 9.46. The maximum Gasteiger partial charge on any atom is 0.166 e. The van der Waals surface area contributed by atoms with Gasteiger partial charge in [0.25, 0.3) is 0 Å². The van der Waals surface area contributed by atoms with E-state index in [1.807, 2.05) is 24.3 Å². The van der Waals surface area contributed by atoms with E-state index in [4.69, 9.17) is 0 Å². The average molecular weight is 225 g/mol. The molecule has 2 spiro atoms. The van der Waals surface area contributed by atoms with E-state index < -0.39 is 0 Å². The van der Waals surface area contributed by atoms with Gasteiger partial charge in [-0.2, -0.15) is 0 Å². The fourth-order valence-electron chi connectivity index (χ4n) is 3.27. The first-order chi connectivity index (χ1) is 8.26. The topological polar surface area (TPSA) is 29.1 Å². The van der Waals surface area contributed by atoms with Crippen LogP contribution in [0.3, 0.4) is 0 Å². The van der Waals surface area contributed by atoms with Crippen LogP contribution < -0.4 is 5.32 Å². The molecule has 3 aliphatic rings. The molecule has 17 heavy (non-hydrogen) atoms. The molecule has 1 aromatic rings. The van der Waals surface area contributed by atoms with Crippen molar-refractivity contribution in [2.45, 2.75) is 31.2 Å². The summed E-state index contributed by atoms with van der Waals surface area (Å²) in [5.74, 6) is 0.354. The second-order valence-electron chi connectivity index (χ2n) is 5.58. The number of fused-ring (bicyclic) bond motifs is 1. The van der Waals surface area contributed by atoms with Gasteiger partial charge in [-0.1, -0.05) is 30.3 Å². The number of carbonyl (C=O) groups excluding carboxylic acids is 1. The molecule has 4 rings (SSSR count). The molecule has 2 aliphatic carbocycles. The highest BCUT2D eigenvalue weighted by molar-refractivity contribution is 6.05. The SMILES string of the molecule is O=C1C=C(c2ccccc2)NC2(CC2)C12CC2. The normalized spacial score (nSPS) is 26.6. The van der Waals surface area contributed by atoms with Crippen LogP contribution in [0.5, 0.6) is 0 Å². The molecular weight excluding hydrogens is 210 g/mol. The van der Waals surface area contributed by atoms with Crippen LogP contribution >= 0.6 is 0 Å². The van der Waals surface area contributed by atoms with Crippen molar-refractivity contribution in [1.82, 2.24) is 5.32 Å². The first-order valence-electron chi connectivity index (χ1n) is 6.36. The Morgan fingerprint density at radius 1 is 1.00 bits per heavy atom.